The Morgan fingerprint density at radius 1 is 0.820 bits per heavy atom. The number of carbonyl (C=O) groups excluding carboxylic acids is 4. The highest BCUT2D eigenvalue weighted by Crippen LogP contribution is 2.26. The summed E-state index contributed by atoms with van der Waals surface area (Å²) in [7, 11) is 0. The second-order valence-electron chi connectivity index (χ2n) is 14.3. The number of hydrogen-bond donors (Lipinski definition) is 5. The first-order chi connectivity index (χ1) is 23.9. The van der Waals surface area contributed by atoms with E-state index in [1.165, 1.54) is 0 Å². The topological polar surface area (TPSA) is 199 Å². The molecule has 5 atom stereocenters. The number of benzene rings is 2. The van der Waals surface area contributed by atoms with Crippen molar-refractivity contribution in [2.45, 2.75) is 96.2 Å². The van der Waals surface area contributed by atoms with E-state index >= 15 is 0 Å². The number of hydrogen-bond acceptors (Lipinski definition) is 8. The van der Waals surface area contributed by atoms with E-state index in [2.05, 4.69) is 5.32 Å². The monoisotopic (exact) mass is 691 g/mol. The first kappa shape index (κ1) is 40.5. The molecular weight excluding hydrogens is 634 g/mol. The van der Waals surface area contributed by atoms with Gasteiger partial charge in [0.05, 0.1) is 12.1 Å². The molecule has 50 heavy (non-hydrogen) atoms. The van der Waals surface area contributed by atoms with Crippen LogP contribution in [0, 0.1) is 23.7 Å². The molecule has 0 radical (unpaired) electrons. The molecule has 2 aromatic rings. The van der Waals surface area contributed by atoms with Gasteiger partial charge in [-0.05, 0) is 80.9 Å². The lowest BCUT2D eigenvalue weighted by Crippen LogP contribution is -2.48. The van der Waals surface area contributed by atoms with E-state index in [0.29, 0.717) is 71.0 Å². The number of Topliss-reactive ketones (excluding diaryl/α,β-unsaturated/α-hetero) is 2. The third-order valence-electron chi connectivity index (χ3n) is 9.65. The van der Waals surface area contributed by atoms with Gasteiger partial charge < -0.3 is 32.5 Å². The number of nitrogens with zero attached hydrogens (tertiary/aromatic N) is 1. The summed E-state index contributed by atoms with van der Waals surface area (Å²) in [5.74, 6) is -3.13. The van der Waals surface area contributed by atoms with Crippen LogP contribution in [0.1, 0.15) is 76.3 Å². The fraction of sp³-hybridized carbons (Fsp3) is 0.564. The van der Waals surface area contributed by atoms with Gasteiger partial charge in [-0.2, -0.15) is 0 Å². The SMILES string of the molecule is CC(C)C[C@@H](NC(=O)[C@H](CC(=O)[C@H](N)Cc1ccccc1)Cc1ccccc1)C(=O)C[C@H](CCCN)C(=O)N1CCC(CC(N)C(=O)O)CC1. The van der Waals surface area contributed by atoms with Crippen LogP contribution in [0.5, 0.6) is 0 Å². The number of carbonyl (C=O) groups is 5. The predicted octanol–water partition coefficient (Wildman–Crippen LogP) is 3.26. The van der Waals surface area contributed by atoms with E-state index in [9.17, 15) is 29.1 Å². The van der Waals surface area contributed by atoms with Crippen LogP contribution in [-0.4, -0.2) is 77.1 Å². The van der Waals surface area contributed by atoms with Crippen LogP contribution in [0.25, 0.3) is 0 Å². The van der Waals surface area contributed by atoms with Crippen LogP contribution in [0.4, 0.5) is 0 Å². The molecule has 1 aliphatic rings. The molecule has 1 saturated heterocycles. The number of piperidine rings is 1. The third-order valence-corrected chi connectivity index (χ3v) is 9.65. The molecule has 1 fully saturated rings. The Labute approximate surface area is 296 Å². The molecule has 1 heterocycles. The molecule has 274 valence electrons. The number of rotatable bonds is 21. The molecule has 1 aliphatic heterocycles. The molecule has 11 heteroatoms. The summed E-state index contributed by atoms with van der Waals surface area (Å²) < 4.78 is 0. The van der Waals surface area contributed by atoms with E-state index in [1.807, 2.05) is 74.5 Å². The zero-order valence-corrected chi connectivity index (χ0v) is 29.7. The van der Waals surface area contributed by atoms with Gasteiger partial charge >= 0.3 is 5.97 Å². The van der Waals surface area contributed by atoms with Crippen molar-refractivity contribution in [3.05, 3.63) is 71.8 Å². The van der Waals surface area contributed by atoms with Gasteiger partial charge in [-0.3, -0.25) is 24.0 Å². The lowest BCUT2D eigenvalue weighted by atomic mass is 9.86. The first-order valence-corrected chi connectivity index (χ1v) is 18.0. The summed E-state index contributed by atoms with van der Waals surface area (Å²) in [5.41, 5.74) is 19.7. The number of ketones is 2. The zero-order valence-electron chi connectivity index (χ0n) is 29.7. The van der Waals surface area contributed by atoms with E-state index in [4.69, 9.17) is 17.2 Å². The average molecular weight is 692 g/mol. The molecule has 2 aromatic carbocycles. The molecule has 0 aromatic heterocycles. The number of nitrogens with one attached hydrogen (secondary N) is 1. The van der Waals surface area contributed by atoms with Gasteiger partial charge in [0.2, 0.25) is 11.8 Å². The minimum absolute atomic E-state index is 0.0372. The van der Waals surface area contributed by atoms with Crippen LogP contribution in [0.15, 0.2) is 60.7 Å². The van der Waals surface area contributed by atoms with Crippen molar-refractivity contribution >= 4 is 29.4 Å². The van der Waals surface area contributed by atoms with Gasteiger partial charge in [0.15, 0.2) is 11.6 Å². The quantitative estimate of drug-likeness (QED) is 0.130. The molecule has 1 unspecified atom stereocenters. The molecule has 0 aliphatic carbocycles. The number of amides is 2. The Morgan fingerprint density at radius 3 is 1.92 bits per heavy atom. The highest BCUT2D eigenvalue weighted by molar-refractivity contribution is 5.94. The summed E-state index contributed by atoms with van der Waals surface area (Å²) in [6, 6.07) is 16.4. The van der Waals surface area contributed by atoms with Crippen molar-refractivity contribution in [1.29, 1.82) is 0 Å². The molecular formula is C39H57N5O6. The molecule has 11 nitrogen and oxygen atoms in total. The Bertz CT molecular complexity index is 1380. The Kier molecular flexibility index (Phi) is 16.7. The van der Waals surface area contributed by atoms with Gasteiger partial charge in [0.25, 0.3) is 0 Å². The third kappa shape index (κ3) is 13.4. The van der Waals surface area contributed by atoms with E-state index < -0.39 is 35.9 Å². The molecule has 0 spiro atoms. The Hall–Kier alpha value is -3.93. The normalized spacial score (nSPS) is 16.6. The summed E-state index contributed by atoms with van der Waals surface area (Å²) in [4.78, 5) is 68.0. The molecule has 2 amide bonds. The highest BCUT2D eigenvalue weighted by atomic mass is 16.4. The number of carboxylic acids is 1. The lowest BCUT2D eigenvalue weighted by molar-refractivity contribution is -0.141. The van der Waals surface area contributed by atoms with Crippen molar-refractivity contribution in [2.24, 2.45) is 40.9 Å². The zero-order chi connectivity index (χ0) is 36.6. The van der Waals surface area contributed by atoms with Crippen molar-refractivity contribution in [3.8, 4) is 0 Å². The Balaban J connectivity index is 1.72. The van der Waals surface area contributed by atoms with Crippen LogP contribution in [0.2, 0.25) is 0 Å². The van der Waals surface area contributed by atoms with Crippen LogP contribution in [-0.2, 0) is 36.8 Å². The second-order valence-corrected chi connectivity index (χ2v) is 14.3. The standard InChI is InChI=1S/C39H57N5O6/c1-26(2)20-34(36(46)24-30(14-9-17-40)38(48)44-18-15-29(16-19-44)23-33(42)39(49)50)43-37(47)31(21-27-10-5-3-6-11-27)25-35(45)32(41)22-28-12-7-4-8-13-28/h3-8,10-13,26,29-34H,9,14-25,40-42H2,1-2H3,(H,43,47)(H,49,50)/t30-,31-,32+,33?,34+/m0/s1. The molecule has 0 bridgehead atoms. The summed E-state index contributed by atoms with van der Waals surface area (Å²) in [6.07, 6.45) is 3.61. The van der Waals surface area contributed by atoms with Crippen LogP contribution in [0.3, 0.4) is 0 Å². The smallest absolute Gasteiger partial charge is 0.320 e. The van der Waals surface area contributed by atoms with Crippen molar-refractivity contribution in [2.75, 3.05) is 19.6 Å². The minimum Gasteiger partial charge on any atom is -0.480 e. The fourth-order valence-electron chi connectivity index (χ4n) is 6.73. The summed E-state index contributed by atoms with van der Waals surface area (Å²) in [6.45, 7) is 5.25. The van der Waals surface area contributed by atoms with Gasteiger partial charge in [-0.25, -0.2) is 0 Å². The van der Waals surface area contributed by atoms with Crippen molar-refractivity contribution in [1.82, 2.24) is 10.2 Å². The van der Waals surface area contributed by atoms with Crippen molar-refractivity contribution in [3.63, 3.8) is 0 Å². The van der Waals surface area contributed by atoms with E-state index in [0.717, 1.165) is 11.1 Å². The summed E-state index contributed by atoms with van der Waals surface area (Å²) >= 11 is 0. The number of likely N-dealkylation sites (tertiary alicyclic amines) is 1. The second kappa shape index (κ2) is 20.7. The summed E-state index contributed by atoms with van der Waals surface area (Å²) in [5, 5.41) is 12.2. The molecule has 0 saturated carbocycles. The molecule has 8 N–H and O–H groups in total. The van der Waals surface area contributed by atoms with E-state index in [1.54, 1.807) is 4.90 Å². The highest BCUT2D eigenvalue weighted by Gasteiger charge is 2.34. The van der Waals surface area contributed by atoms with Gasteiger partial charge in [0, 0.05) is 37.8 Å². The van der Waals surface area contributed by atoms with E-state index in [-0.39, 0.29) is 48.1 Å². The molecule has 3 rings (SSSR count). The number of carboxylic acid groups (broad SMARTS) is 1. The van der Waals surface area contributed by atoms with Crippen LogP contribution < -0.4 is 22.5 Å². The van der Waals surface area contributed by atoms with Crippen molar-refractivity contribution < 1.29 is 29.1 Å². The maximum Gasteiger partial charge on any atom is 0.320 e. The maximum atomic E-state index is 14.0. The minimum atomic E-state index is -1.03. The predicted molar refractivity (Wildman–Crippen MR) is 194 cm³/mol. The largest absolute Gasteiger partial charge is 0.480 e. The fourth-order valence-corrected chi connectivity index (χ4v) is 6.73. The number of nitrogens with two attached hydrogens (primary N) is 3. The maximum absolute atomic E-state index is 14.0. The van der Waals surface area contributed by atoms with Gasteiger partial charge in [-0.15, -0.1) is 0 Å². The average Bonchev–Trinajstić information content (AvgIpc) is 3.09. The lowest BCUT2D eigenvalue weighted by Gasteiger charge is -2.35. The Morgan fingerprint density at radius 2 is 1.38 bits per heavy atom. The van der Waals surface area contributed by atoms with Crippen LogP contribution >= 0.6 is 0 Å². The van der Waals surface area contributed by atoms with Gasteiger partial charge in [-0.1, -0.05) is 74.5 Å². The first-order valence-electron chi connectivity index (χ1n) is 18.0. The number of aliphatic carboxylic acids is 1. The van der Waals surface area contributed by atoms with Gasteiger partial charge in [0.1, 0.15) is 6.04 Å².